The third-order valence-electron chi connectivity index (χ3n) is 1.26. The van der Waals surface area contributed by atoms with E-state index < -0.39 is 5.97 Å². The number of ether oxygens (including phenoxy) is 1. The number of carboxylic acid groups (broad SMARTS) is 1. The standard InChI is InChI=1S/C8H10O.C2H4O2/c1-7-3-5-8(9-2)6-4-7;1-2(3)4/h3-6H,1-2H3;1H3,(H,3,4). The van der Waals surface area contributed by atoms with Crippen LogP contribution in [0.1, 0.15) is 12.5 Å². The van der Waals surface area contributed by atoms with Crippen molar-refractivity contribution in [3.63, 3.8) is 0 Å². The monoisotopic (exact) mass is 182 g/mol. The number of benzene rings is 1. The molecule has 0 atom stereocenters. The Kier molecular flexibility index (Phi) is 5.35. The van der Waals surface area contributed by atoms with E-state index in [4.69, 9.17) is 14.6 Å². The lowest BCUT2D eigenvalue weighted by Crippen LogP contribution is -1.80. The summed E-state index contributed by atoms with van der Waals surface area (Å²) in [6.07, 6.45) is 0. The molecule has 0 saturated heterocycles. The molecule has 0 bridgehead atoms. The number of hydrogen-bond acceptors (Lipinski definition) is 2. The summed E-state index contributed by atoms with van der Waals surface area (Å²) in [4.78, 5) is 9.00. The van der Waals surface area contributed by atoms with Crippen molar-refractivity contribution in [2.45, 2.75) is 13.8 Å². The number of rotatable bonds is 1. The molecule has 0 unspecified atom stereocenters. The second kappa shape index (κ2) is 6.06. The first-order valence-corrected chi connectivity index (χ1v) is 3.86. The van der Waals surface area contributed by atoms with Gasteiger partial charge in [0, 0.05) is 6.92 Å². The normalized spacial score (nSPS) is 8.23. The minimum Gasteiger partial charge on any atom is -0.497 e. The van der Waals surface area contributed by atoms with Gasteiger partial charge in [0.25, 0.3) is 5.97 Å². The molecule has 0 aliphatic heterocycles. The first-order chi connectivity index (χ1) is 6.06. The molecule has 0 aromatic heterocycles. The van der Waals surface area contributed by atoms with Crippen LogP contribution in [-0.2, 0) is 4.79 Å². The molecule has 3 nitrogen and oxygen atoms in total. The predicted molar refractivity (Wildman–Crippen MR) is 51.0 cm³/mol. The number of aliphatic carboxylic acids is 1. The fraction of sp³-hybridized carbons (Fsp3) is 0.300. The van der Waals surface area contributed by atoms with Crippen LogP contribution >= 0.6 is 0 Å². The van der Waals surface area contributed by atoms with Gasteiger partial charge in [-0.3, -0.25) is 4.79 Å². The van der Waals surface area contributed by atoms with Gasteiger partial charge in [-0.05, 0) is 19.1 Å². The van der Waals surface area contributed by atoms with Gasteiger partial charge >= 0.3 is 0 Å². The van der Waals surface area contributed by atoms with Crippen molar-refractivity contribution >= 4 is 5.97 Å². The summed E-state index contributed by atoms with van der Waals surface area (Å²) >= 11 is 0. The van der Waals surface area contributed by atoms with Crippen molar-refractivity contribution in [2.75, 3.05) is 7.11 Å². The molecule has 3 heteroatoms. The molecule has 0 radical (unpaired) electrons. The maximum Gasteiger partial charge on any atom is 0.300 e. The smallest absolute Gasteiger partial charge is 0.300 e. The van der Waals surface area contributed by atoms with Crippen molar-refractivity contribution in [1.29, 1.82) is 0 Å². The number of methoxy groups -OCH3 is 1. The van der Waals surface area contributed by atoms with Crippen LogP contribution in [0.5, 0.6) is 5.75 Å². The summed E-state index contributed by atoms with van der Waals surface area (Å²) in [5.41, 5.74) is 1.26. The van der Waals surface area contributed by atoms with Crippen molar-refractivity contribution in [2.24, 2.45) is 0 Å². The van der Waals surface area contributed by atoms with Crippen molar-refractivity contribution in [1.82, 2.24) is 0 Å². The van der Waals surface area contributed by atoms with E-state index in [2.05, 4.69) is 6.92 Å². The summed E-state index contributed by atoms with van der Waals surface area (Å²) in [5, 5.41) is 7.42. The summed E-state index contributed by atoms with van der Waals surface area (Å²) in [5.74, 6) is 0.0839. The Bertz CT molecular complexity index is 247. The number of aryl methyl sites for hydroxylation is 1. The fourth-order valence-electron chi connectivity index (χ4n) is 0.674. The van der Waals surface area contributed by atoms with Crippen LogP contribution in [0.25, 0.3) is 0 Å². The van der Waals surface area contributed by atoms with E-state index in [9.17, 15) is 0 Å². The van der Waals surface area contributed by atoms with E-state index in [1.807, 2.05) is 24.3 Å². The van der Waals surface area contributed by atoms with Crippen molar-refractivity contribution < 1.29 is 14.6 Å². The molecule has 13 heavy (non-hydrogen) atoms. The van der Waals surface area contributed by atoms with Gasteiger partial charge in [0.1, 0.15) is 5.75 Å². The summed E-state index contributed by atoms with van der Waals surface area (Å²) in [6, 6.07) is 7.96. The molecule has 1 rings (SSSR count). The summed E-state index contributed by atoms with van der Waals surface area (Å²) < 4.78 is 4.97. The van der Waals surface area contributed by atoms with Crippen molar-refractivity contribution in [3.8, 4) is 5.75 Å². The first kappa shape index (κ1) is 11.5. The Morgan fingerprint density at radius 1 is 1.31 bits per heavy atom. The Hall–Kier alpha value is -1.51. The summed E-state index contributed by atoms with van der Waals surface area (Å²) in [7, 11) is 1.67. The molecule has 0 amide bonds. The van der Waals surface area contributed by atoms with Crippen LogP contribution in [-0.4, -0.2) is 18.2 Å². The molecular weight excluding hydrogens is 168 g/mol. The van der Waals surface area contributed by atoms with Crippen LogP contribution < -0.4 is 4.74 Å². The van der Waals surface area contributed by atoms with Gasteiger partial charge in [-0.1, -0.05) is 17.7 Å². The van der Waals surface area contributed by atoms with Gasteiger partial charge < -0.3 is 9.84 Å². The highest BCUT2D eigenvalue weighted by Crippen LogP contribution is 2.09. The lowest BCUT2D eigenvalue weighted by atomic mass is 10.2. The molecule has 0 saturated carbocycles. The van der Waals surface area contributed by atoms with E-state index >= 15 is 0 Å². The molecule has 0 heterocycles. The Morgan fingerprint density at radius 3 is 2.00 bits per heavy atom. The zero-order valence-corrected chi connectivity index (χ0v) is 8.07. The van der Waals surface area contributed by atoms with E-state index in [0.29, 0.717) is 0 Å². The highest BCUT2D eigenvalue weighted by atomic mass is 16.5. The Labute approximate surface area is 78.0 Å². The molecule has 0 aliphatic rings. The van der Waals surface area contributed by atoms with E-state index in [-0.39, 0.29) is 0 Å². The van der Waals surface area contributed by atoms with E-state index in [1.165, 1.54) is 5.56 Å². The molecule has 1 N–H and O–H groups in total. The maximum absolute atomic E-state index is 9.00. The van der Waals surface area contributed by atoms with Crippen molar-refractivity contribution in [3.05, 3.63) is 29.8 Å². The molecular formula is C10H14O3. The second-order valence-corrected chi connectivity index (χ2v) is 2.54. The highest BCUT2D eigenvalue weighted by Gasteiger charge is 1.85. The molecule has 1 aromatic carbocycles. The molecule has 0 spiro atoms. The Morgan fingerprint density at radius 2 is 1.69 bits per heavy atom. The average Bonchev–Trinajstić information content (AvgIpc) is 2.05. The van der Waals surface area contributed by atoms with E-state index in [1.54, 1.807) is 7.11 Å². The van der Waals surface area contributed by atoms with Gasteiger partial charge in [-0.25, -0.2) is 0 Å². The van der Waals surface area contributed by atoms with Crippen LogP contribution in [0.15, 0.2) is 24.3 Å². The third-order valence-corrected chi connectivity index (χ3v) is 1.26. The first-order valence-electron chi connectivity index (χ1n) is 3.86. The fourth-order valence-corrected chi connectivity index (χ4v) is 0.674. The largest absolute Gasteiger partial charge is 0.497 e. The zero-order chi connectivity index (χ0) is 10.3. The minimum atomic E-state index is -0.833. The SMILES string of the molecule is CC(=O)O.COc1ccc(C)cc1. The number of carboxylic acids is 1. The molecule has 72 valence electrons. The van der Waals surface area contributed by atoms with Gasteiger partial charge in [-0.15, -0.1) is 0 Å². The maximum atomic E-state index is 9.00. The lowest BCUT2D eigenvalue weighted by Gasteiger charge is -1.97. The lowest BCUT2D eigenvalue weighted by molar-refractivity contribution is -0.134. The second-order valence-electron chi connectivity index (χ2n) is 2.54. The highest BCUT2D eigenvalue weighted by molar-refractivity contribution is 5.62. The van der Waals surface area contributed by atoms with Gasteiger partial charge in [0.2, 0.25) is 0 Å². The molecule has 0 aliphatic carbocycles. The van der Waals surface area contributed by atoms with E-state index in [0.717, 1.165) is 12.7 Å². The zero-order valence-electron chi connectivity index (χ0n) is 8.07. The van der Waals surface area contributed by atoms with Crippen LogP contribution in [0.2, 0.25) is 0 Å². The quantitative estimate of drug-likeness (QED) is 0.723. The number of hydrogen-bond donors (Lipinski definition) is 1. The topological polar surface area (TPSA) is 46.5 Å². The minimum absolute atomic E-state index is 0.833. The van der Waals surface area contributed by atoms with Gasteiger partial charge in [0.15, 0.2) is 0 Å². The Balaban J connectivity index is 0.000000310. The molecule has 0 fully saturated rings. The predicted octanol–water partition coefficient (Wildman–Crippen LogP) is 2.09. The third kappa shape index (κ3) is 6.87. The van der Waals surface area contributed by atoms with Crippen LogP contribution in [0, 0.1) is 6.92 Å². The van der Waals surface area contributed by atoms with Crippen LogP contribution in [0.4, 0.5) is 0 Å². The summed E-state index contributed by atoms with van der Waals surface area (Å²) in [6.45, 7) is 3.14. The average molecular weight is 182 g/mol. The van der Waals surface area contributed by atoms with Gasteiger partial charge in [-0.2, -0.15) is 0 Å². The van der Waals surface area contributed by atoms with Crippen LogP contribution in [0.3, 0.4) is 0 Å². The number of carbonyl (C=O) groups is 1. The van der Waals surface area contributed by atoms with Gasteiger partial charge in [0.05, 0.1) is 7.11 Å². The molecule has 1 aromatic rings.